The van der Waals surface area contributed by atoms with Gasteiger partial charge in [0.1, 0.15) is 9.59 Å². The van der Waals surface area contributed by atoms with Crippen LogP contribution in [0.1, 0.15) is 11.1 Å². The molecule has 0 aliphatic heterocycles. The molecular weight excluding hydrogens is 340 g/mol. The van der Waals surface area contributed by atoms with Gasteiger partial charge in [-0.3, -0.25) is 4.79 Å². The molecule has 2 rings (SSSR count). The number of carbonyl (C=O) groups is 1. The number of nitrogens with two attached hydrogens (primary N) is 1. The lowest BCUT2D eigenvalue weighted by Crippen LogP contribution is -2.15. The third-order valence-corrected chi connectivity index (χ3v) is 3.14. The molecule has 0 aliphatic rings. The van der Waals surface area contributed by atoms with Gasteiger partial charge in [0.05, 0.1) is 18.8 Å². The van der Waals surface area contributed by atoms with Crippen LogP contribution < -0.4 is 11.1 Å². The number of carbonyl (C=O) groups excluding carboxylic acids is 1. The van der Waals surface area contributed by atoms with Gasteiger partial charge in [-0.2, -0.15) is 0 Å². The van der Waals surface area contributed by atoms with Crippen LogP contribution >= 0.6 is 28.1 Å². The lowest BCUT2D eigenvalue weighted by Gasteiger charge is -2.05. The van der Waals surface area contributed by atoms with E-state index in [1.54, 1.807) is 12.1 Å². The normalized spacial score (nSPS) is 10.1. The van der Waals surface area contributed by atoms with Gasteiger partial charge in [-0.1, -0.05) is 36.5 Å². The van der Waals surface area contributed by atoms with Crippen molar-refractivity contribution >= 4 is 44.9 Å². The van der Waals surface area contributed by atoms with Crippen molar-refractivity contribution < 1.29 is 4.79 Å². The summed E-state index contributed by atoms with van der Waals surface area (Å²) in [6, 6.07) is 7.23. The van der Waals surface area contributed by atoms with Crippen LogP contribution in [0.15, 0.2) is 41.3 Å². The molecule has 102 valence electrons. The molecule has 0 unspecified atom stereocenters. The number of benzene rings is 1. The van der Waals surface area contributed by atoms with Gasteiger partial charge in [0, 0.05) is 5.56 Å². The van der Waals surface area contributed by atoms with Crippen molar-refractivity contribution in [2.24, 2.45) is 5.73 Å². The molecule has 3 N–H and O–H groups in total. The SMILES string of the molecule is NC(=S)c1ccc(CC(=O)Nc2cnc(Br)cn2)cc1. The maximum absolute atomic E-state index is 11.8. The summed E-state index contributed by atoms with van der Waals surface area (Å²) < 4.78 is 0.615. The average molecular weight is 351 g/mol. The molecule has 2 aromatic rings. The highest BCUT2D eigenvalue weighted by Crippen LogP contribution is 2.08. The molecule has 1 aromatic carbocycles. The molecule has 0 saturated carbocycles. The third-order valence-electron chi connectivity index (χ3n) is 2.49. The summed E-state index contributed by atoms with van der Waals surface area (Å²) in [5, 5.41) is 2.67. The molecular formula is C13H11BrN4OS. The third kappa shape index (κ3) is 4.07. The Morgan fingerprint density at radius 1 is 1.25 bits per heavy atom. The number of hydrogen-bond donors (Lipinski definition) is 2. The maximum Gasteiger partial charge on any atom is 0.229 e. The van der Waals surface area contributed by atoms with Crippen molar-refractivity contribution in [2.45, 2.75) is 6.42 Å². The van der Waals surface area contributed by atoms with Gasteiger partial charge in [0.25, 0.3) is 0 Å². The quantitative estimate of drug-likeness (QED) is 0.824. The zero-order chi connectivity index (χ0) is 14.5. The van der Waals surface area contributed by atoms with E-state index in [1.807, 2.05) is 12.1 Å². The molecule has 5 nitrogen and oxygen atoms in total. The summed E-state index contributed by atoms with van der Waals surface area (Å²) >= 11 is 8.05. The number of thiocarbonyl (C=S) groups is 1. The molecule has 1 heterocycles. The first-order valence-corrected chi connectivity index (χ1v) is 6.91. The van der Waals surface area contributed by atoms with E-state index in [1.165, 1.54) is 12.4 Å². The minimum absolute atomic E-state index is 0.162. The lowest BCUT2D eigenvalue weighted by molar-refractivity contribution is -0.115. The van der Waals surface area contributed by atoms with Gasteiger partial charge in [-0.25, -0.2) is 9.97 Å². The first kappa shape index (κ1) is 14.5. The number of nitrogens with zero attached hydrogens (tertiary/aromatic N) is 2. The second-order valence-electron chi connectivity index (χ2n) is 4.01. The van der Waals surface area contributed by atoms with E-state index in [4.69, 9.17) is 18.0 Å². The van der Waals surface area contributed by atoms with Crippen molar-refractivity contribution in [1.29, 1.82) is 0 Å². The molecule has 0 radical (unpaired) electrons. The maximum atomic E-state index is 11.8. The molecule has 0 bridgehead atoms. The topological polar surface area (TPSA) is 80.9 Å². The molecule has 1 amide bonds. The summed E-state index contributed by atoms with van der Waals surface area (Å²) in [5.74, 6) is 0.252. The predicted molar refractivity (Wildman–Crippen MR) is 84.4 cm³/mol. The van der Waals surface area contributed by atoms with Crippen LogP contribution in [0.25, 0.3) is 0 Å². The van der Waals surface area contributed by atoms with Gasteiger partial charge in [0.15, 0.2) is 5.82 Å². The number of aromatic nitrogens is 2. The summed E-state index contributed by atoms with van der Waals surface area (Å²) in [4.78, 5) is 20.2. The fourth-order valence-electron chi connectivity index (χ4n) is 1.54. The van der Waals surface area contributed by atoms with E-state index in [-0.39, 0.29) is 12.3 Å². The van der Waals surface area contributed by atoms with Gasteiger partial charge < -0.3 is 11.1 Å². The monoisotopic (exact) mass is 350 g/mol. The Labute approximate surface area is 129 Å². The first-order valence-electron chi connectivity index (χ1n) is 5.71. The zero-order valence-corrected chi connectivity index (χ0v) is 12.7. The largest absolute Gasteiger partial charge is 0.389 e. The van der Waals surface area contributed by atoms with Gasteiger partial charge in [0.2, 0.25) is 5.91 Å². The first-order chi connectivity index (χ1) is 9.54. The Hall–Kier alpha value is -1.86. The Morgan fingerprint density at radius 2 is 1.95 bits per heavy atom. The number of rotatable bonds is 4. The van der Waals surface area contributed by atoms with E-state index in [0.717, 1.165) is 11.1 Å². The number of nitrogens with one attached hydrogen (secondary N) is 1. The summed E-state index contributed by atoms with van der Waals surface area (Å²) in [7, 11) is 0. The van der Waals surface area contributed by atoms with Crippen LogP contribution in [0.4, 0.5) is 5.82 Å². The van der Waals surface area contributed by atoms with Crippen molar-refractivity contribution in [3.63, 3.8) is 0 Å². The average Bonchev–Trinajstić information content (AvgIpc) is 2.42. The van der Waals surface area contributed by atoms with E-state index in [0.29, 0.717) is 15.4 Å². The molecule has 0 spiro atoms. The van der Waals surface area contributed by atoms with Crippen molar-refractivity contribution in [3.8, 4) is 0 Å². The Bertz CT molecular complexity index is 628. The number of hydrogen-bond acceptors (Lipinski definition) is 4. The van der Waals surface area contributed by atoms with Crippen molar-refractivity contribution in [1.82, 2.24) is 9.97 Å². The highest BCUT2D eigenvalue weighted by molar-refractivity contribution is 9.10. The van der Waals surface area contributed by atoms with Crippen molar-refractivity contribution in [2.75, 3.05) is 5.32 Å². The van der Waals surface area contributed by atoms with Gasteiger partial charge in [-0.15, -0.1) is 0 Å². The Morgan fingerprint density at radius 3 is 2.50 bits per heavy atom. The van der Waals surface area contributed by atoms with Crippen LogP contribution in [0, 0.1) is 0 Å². The minimum Gasteiger partial charge on any atom is -0.389 e. The van der Waals surface area contributed by atoms with E-state index in [9.17, 15) is 4.79 Å². The van der Waals surface area contributed by atoms with E-state index >= 15 is 0 Å². The summed E-state index contributed by atoms with van der Waals surface area (Å²) in [6.07, 6.45) is 3.25. The van der Waals surface area contributed by atoms with Crippen LogP contribution in [0.3, 0.4) is 0 Å². The molecule has 7 heteroatoms. The summed E-state index contributed by atoms with van der Waals surface area (Å²) in [5.41, 5.74) is 7.16. The highest BCUT2D eigenvalue weighted by atomic mass is 79.9. The second kappa shape index (κ2) is 6.53. The van der Waals surface area contributed by atoms with Crippen LogP contribution in [0.2, 0.25) is 0 Å². The van der Waals surface area contributed by atoms with Crippen LogP contribution in [-0.2, 0) is 11.2 Å². The molecule has 0 saturated heterocycles. The van der Waals surface area contributed by atoms with Gasteiger partial charge in [-0.05, 0) is 21.5 Å². The molecule has 0 fully saturated rings. The lowest BCUT2D eigenvalue weighted by atomic mass is 10.1. The highest BCUT2D eigenvalue weighted by Gasteiger charge is 2.06. The number of amides is 1. The predicted octanol–water partition coefficient (Wildman–Crippen LogP) is 2.05. The minimum atomic E-state index is -0.162. The Balaban J connectivity index is 1.97. The Kier molecular flexibility index (Phi) is 4.75. The molecule has 20 heavy (non-hydrogen) atoms. The summed E-state index contributed by atoms with van der Waals surface area (Å²) in [6.45, 7) is 0. The number of anilines is 1. The standard InChI is InChI=1S/C13H11BrN4OS/c14-10-6-17-11(7-16-10)18-12(19)5-8-1-3-9(4-2-8)13(15)20/h1-4,6-7H,5H2,(H2,15,20)(H,17,18,19). The van der Waals surface area contributed by atoms with Gasteiger partial charge >= 0.3 is 0 Å². The van der Waals surface area contributed by atoms with Crippen molar-refractivity contribution in [3.05, 3.63) is 52.4 Å². The molecule has 1 aromatic heterocycles. The van der Waals surface area contributed by atoms with E-state index in [2.05, 4.69) is 31.2 Å². The number of halogens is 1. The zero-order valence-electron chi connectivity index (χ0n) is 10.3. The smallest absolute Gasteiger partial charge is 0.229 e. The van der Waals surface area contributed by atoms with Crippen LogP contribution in [0.5, 0.6) is 0 Å². The fourth-order valence-corrected chi connectivity index (χ4v) is 1.88. The van der Waals surface area contributed by atoms with E-state index < -0.39 is 0 Å². The fraction of sp³-hybridized carbons (Fsp3) is 0.0769. The molecule has 0 atom stereocenters. The molecule has 0 aliphatic carbocycles. The second-order valence-corrected chi connectivity index (χ2v) is 5.26. The van der Waals surface area contributed by atoms with Crippen LogP contribution in [-0.4, -0.2) is 20.9 Å².